The molecule has 0 spiro atoms. The Bertz CT molecular complexity index is 1590. The van der Waals surface area contributed by atoms with E-state index in [-0.39, 0.29) is 45.6 Å². The normalized spacial score (nSPS) is 11.2. The Morgan fingerprint density at radius 3 is 2.61 bits per heavy atom. The van der Waals surface area contributed by atoms with Crippen LogP contribution in [0.1, 0.15) is 43.4 Å². The van der Waals surface area contributed by atoms with Gasteiger partial charge in [-0.25, -0.2) is 14.3 Å². The molecule has 0 atom stereocenters. The molecule has 0 unspecified atom stereocenters. The van der Waals surface area contributed by atoms with Gasteiger partial charge in [0.25, 0.3) is 11.8 Å². The molecule has 15 heteroatoms. The fourth-order valence-electron chi connectivity index (χ4n) is 3.54. The topological polar surface area (TPSA) is 143 Å². The van der Waals surface area contributed by atoms with Crippen molar-refractivity contribution < 1.29 is 22.8 Å². The number of hydrogen-bond acceptors (Lipinski definition) is 7. The van der Waals surface area contributed by atoms with Crippen molar-refractivity contribution in [1.29, 1.82) is 5.26 Å². The number of amides is 2. The zero-order valence-corrected chi connectivity index (χ0v) is 20.5. The first kappa shape index (κ1) is 26.3. The number of hydrogen-bond donors (Lipinski definition) is 2. The van der Waals surface area contributed by atoms with Crippen molar-refractivity contribution in [2.45, 2.75) is 19.6 Å². The highest BCUT2D eigenvalue weighted by Crippen LogP contribution is 2.28. The summed E-state index contributed by atoms with van der Waals surface area (Å²) >= 11 is 6.27. The number of aromatic nitrogens is 6. The highest BCUT2D eigenvalue weighted by atomic mass is 35.5. The molecule has 0 saturated carbocycles. The van der Waals surface area contributed by atoms with Gasteiger partial charge in [0.1, 0.15) is 5.69 Å². The molecule has 3 aromatic heterocycles. The number of benzene rings is 1. The van der Waals surface area contributed by atoms with Gasteiger partial charge in [-0.3, -0.25) is 9.59 Å². The molecule has 1 aromatic carbocycles. The lowest BCUT2D eigenvalue weighted by molar-refractivity contribution is -0.141. The van der Waals surface area contributed by atoms with Crippen LogP contribution in [0.4, 0.5) is 18.9 Å². The second-order valence-electron chi connectivity index (χ2n) is 7.90. The van der Waals surface area contributed by atoms with Gasteiger partial charge in [0.15, 0.2) is 11.5 Å². The van der Waals surface area contributed by atoms with Crippen molar-refractivity contribution in [3.05, 3.63) is 81.5 Å². The van der Waals surface area contributed by atoms with Crippen LogP contribution in [0.3, 0.4) is 0 Å². The average Bonchev–Trinajstić information content (AvgIpc) is 3.52. The van der Waals surface area contributed by atoms with Crippen LogP contribution in [0.5, 0.6) is 0 Å². The molecule has 194 valence electrons. The van der Waals surface area contributed by atoms with E-state index in [4.69, 9.17) is 11.6 Å². The molecule has 0 bridgehead atoms. The Morgan fingerprint density at radius 1 is 1.21 bits per heavy atom. The van der Waals surface area contributed by atoms with Gasteiger partial charge < -0.3 is 10.6 Å². The van der Waals surface area contributed by atoms with Crippen LogP contribution in [0.15, 0.2) is 42.7 Å². The zero-order valence-electron chi connectivity index (χ0n) is 19.7. The van der Waals surface area contributed by atoms with Crippen molar-refractivity contribution >= 4 is 29.1 Å². The molecule has 2 amide bonds. The number of aryl methyl sites for hydroxylation is 1. The molecule has 0 aliphatic rings. The summed E-state index contributed by atoms with van der Waals surface area (Å²) in [5.41, 5.74) is -0.233. The van der Waals surface area contributed by atoms with Gasteiger partial charge in [-0.05, 0) is 42.8 Å². The maximum Gasteiger partial charge on any atom is 0.436 e. The summed E-state index contributed by atoms with van der Waals surface area (Å²) in [4.78, 5) is 30.1. The van der Waals surface area contributed by atoms with E-state index in [1.54, 1.807) is 13.0 Å². The molecule has 2 N–H and O–H groups in total. The molecule has 0 fully saturated rings. The van der Waals surface area contributed by atoms with Crippen LogP contribution in [0, 0.1) is 18.3 Å². The summed E-state index contributed by atoms with van der Waals surface area (Å²) in [6, 6.07) is 9.22. The summed E-state index contributed by atoms with van der Waals surface area (Å²) in [7, 11) is 1.40. The van der Waals surface area contributed by atoms with E-state index in [9.17, 15) is 28.0 Å². The van der Waals surface area contributed by atoms with E-state index in [1.165, 1.54) is 37.5 Å². The van der Waals surface area contributed by atoms with Crippen molar-refractivity contribution in [1.82, 2.24) is 35.1 Å². The van der Waals surface area contributed by atoms with Gasteiger partial charge in [-0.2, -0.15) is 23.5 Å². The van der Waals surface area contributed by atoms with Gasteiger partial charge in [0, 0.05) is 13.2 Å². The highest BCUT2D eigenvalue weighted by molar-refractivity contribution is 6.32. The number of carbonyl (C=O) groups excluding carboxylic acids is 2. The Kier molecular flexibility index (Phi) is 7.13. The van der Waals surface area contributed by atoms with Gasteiger partial charge in [-0.1, -0.05) is 16.8 Å². The second kappa shape index (κ2) is 10.3. The van der Waals surface area contributed by atoms with E-state index in [1.807, 2.05) is 6.07 Å². The van der Waals surface area contributed by atoms with Crippen LogP contribution in [-0.2, 0) is 12.7 Å². The number of rotatable bonds is 6. The molecule has 11 nitrogen and oxygen atoms in total. The first-order chi connectivity index (χ1) is 18.0. The minimum atomic E-state index is -4.68. The molecule has 3 heterocycles. The van der Waals surface area contributed by atoms with Crippen LogP contribution < -0.4 is 10.6 Å². The van der Waals surface area contributed by atoms with Crippen molar-refractivity contribution in [2.24, 2.45) is 0 Å². The van der Waals surface area contributed by atoms with Crippen LogP contribution in [-0.4, -0.2) is 48.6 Å². The largest absolute Gasteiger partial charge is 0.436 e. The van der Waals surface area contributed by atoms with E-state index in [0.717, 1.165) is 9.36 Å². The third-order valence-electron chi connectivity index (χ3n) is 5.26. The minimum absolute atomic E-state index is 0.0573. The van der Waals surface area contributed by atoms with Crippen LogP contribution in [0.2, 0.25) is 5.02 Å². The fraction of sp³-hybridized carbons (Fsp3) is 0.174. The molecule has 0 aliphatic carbocycles. The Hall–Kier alpha value is -4.77. The number of anilines is 1. The average molecular weight is 544 g/mol. The predicted octanol–water partition coefficient (Wildman–Crippen LogP) is 3.37. The number of nitrogens with one attached hydrogen (secondary N) is 2. The first-order valence-electron chi connectivity index (χ1n) is 10.8. The van der Waals surface area contributed by atoms with Gasteiger partial charge in [-0.15, -0.1) is 5.10 Å². The Morgan fingerprint density at radius 2 is 1.97 bits per heavy atom. The summed E-state index contributed by atoms with van der Waals surface area (Å²) in [6.45, 7) is 1.37. The number of halogens is 4. The summed E-state index contributed by atoms with van der Waals surface area (Å²) in [6.07, 6.45) is -2.54. The third-order valence-corrected chi connectivity index (χ3v) is 5.56. The van der Waals surface area contributed by atoms with E-state index in [2.05, 4.69) is 31.0 Å². The highest BCUT2D eigenvalue weighted by Gasteiger charge is 2.34. The summed E-state index contributed by atoms with van der Waals surface area (Å²) in [5.74, 6) is -1.17. The van der Waals surface area contributed by atoms with Gasteiger partial charge in [0.05, 0.1) is 46.3 Å². The molecular weight excluding hydrogens is 527 g/mol. The molecule has 4 aromatic rings. The number of pyridine rings is 1. The van der Waals surface area contributed by atoms with Crippen molar-refractivity contribution in [3.8, 4) is 11.9 Å². The molecule has 0 saturated heterocycles. The molecular formula is C23H17ClF3N9O2. The number of nitriles is 1. The Balaban J connectivity index is 1.76. The third kappa shape index (κ3) is 5.32. The zero-order chi connectivity index (χ0) is 27.6. The molecule has 0 radical (unpaired) electrons. The molecule has 0 aliphatic heterocycles. The van der Waals surface area contributed by atoms with Crippen molar-refractivity contribution in [3.63, 3.8) is 0 Å². The van der Waals surface area contributed by atoms with Crippen LogP contribution >= 0.6 is 11.6 Å². The standard InChI is InChI=1S/C23H17ClF3N9O2/c1-12-6-13(9-28)7-15(21(37)29-2)19(12)31-22(38)17-8-14(10-35-11-18(32-34-35)23(25,26)27)33-36(17)20-16(24)4-3-5-30-20/h3-8,11H,10H2,1-2H3,(H,29,37)(H,31,38). The number of carbonyl (C=O) groups is 2. The van der Waals surface area contributed by atoms with Crippen molar-refractivity contribution in [2.75, 3.05) is 12.4 Å². The maximum absolute atomic E-state index is 13.5. The smallest absolute Gasteiger partial charge is 0.355 e. The quantitative estimate of drug-likeness (QED) is 0.379. The van der Waals surface area contributed by atoms with E-state index < -0.39 is 23.7 Å². The SMILES string of the molecule is CNC(=O)c1cc(C#N)cc(C)c1NC(=O)c1cc(Cn2cc(C(F)(F)F)nn2)nn1-c1ncccc1Cl. The lowest BCUT2D eigenvalue weighted by Crippen LogP contribution is -2.24. The first-order valence-corrected chi connectivity index (χ1v) is 11.1. The van der Waals surface area contributed by atoms with Crippen LogP contribution in [0.25, 0.3) is 5.82 Å². The lowest BCUT2D eigenvalue weighted by atomic mass is 10.0. The number of alkyl halides is 3. The predicted molar refractivity (Wildman–Crippen MR) is 128 cm³/mol. The molecule has 38 heavy (non-hydrogen) atoms. The number of nitrogens with zero attached hydrogens (tertiary/aromatic N) is 7. The van der Waals surface area contributed by atoms with E-state index in [0.29, 0.717) is 11.8 Å². The maximum atomic E-state index is 13.5. The Labute approximate surface area is 217 Å². The summed E-state index contributed by atoms with van der Waals surface area (Å²) < 4.78 is 40.8. The van der Waals surface area contributed by atoms with E-state index >= 15 is 0 Å². The minimum Gasteiger partial charge on any atom is -0.355 e. The fourth-order valence-corrected chi connectivity index (χ4v) is 3.75. The van der Waals surface area contributed by atoms with Gasteiger partial charge in [0.2, 0.25) is 0 Å². The lowest BCUT2D eigenvalue weighted by Gasteiger charge is -2.14. The molecule has 4 rings (SSSR count). The summed E-state index contributed by atoms with van der Waals surface area (Å²) in [5, 5.41) is 25.5. The monoisotopic (exact) mass is 543 g/mol. The van der Waals surface area contributed by atoms with Gasteiger partial charge >= 0.3 is 6.18 Å². The second-order valence-corrected chi connectivity index (χ2v) is 8.31.